The van der Waals surface area contributed by atoms with E-state index >= 15 is 0 Å². The van der Waals surface area contributed by atoms with Crippen molar-refractivity contribution < 1.29 is 9.59 Å². The summed E-state index contributed by atoms with van der Waals surface area (Å²) in [5, 5.41) is 7.11. The van der Waals surface area contributed by atoms with Crippen LogP contribution in [0.25, 0.3) is 17.0 Å². The van der Waals surface area contributed by atoms with Crippen LogP contribution in [0.4, 0.5) is 4.79 Å². The van der Waals surface area contributed by atoms with Crippen LogP contribution in [0.2, 0.25) is 0 Å². The molecule has 2 aromatic carbocycles. The molecule has 1 saturated heterocycles. The predicted molar refractivity (Wildman–Crippen MR) is 144 cm³/mol. The standard InChI is InChI=1S/C29H35N5O2/c30-15-5-6-16-31-27(35)26(19-22-20-32-25-10-4-2-8-23(22)25)33-28(36)34-17-13-29(14-18-34)12-11-21-7-1-3-9-24(21)29/h1-4,7-12,20,26,32H,5-6,13-19,30H2,(H,31,35)(H,33,36)/t26-/m1/s1. The van der Waals surface area contributed by atoms with E-state index in [1.807, 2.05) is 35.4 Å². The highest BCUT2D eigenvalue weighted by Gasteiger charge is 2.39. The smallest absolute Gasteiger partial charge is 0.318 e. The van der Waals surface area contributed by atoms with Crippen molar-refractivity contribution in [2.75, 3.05) is 26.2 Å². The van der Waals surface area contributed by atoms with Crippen LogP contribution < -0.4 is 16.4 Å². The van der Waals surface area contributed by atoms with Crippen LogP contribution in [0.1, 0.15) is 42.4 Å². The molecular formula is C29H35N5O2. The summed E-state index contributed by atoms with van der Waals surface area (Å²) in [6.07, 6.45) is 10.3. The lowest BCUT2D eigenvalue weighted by Gasteiger charge is -2.39. The average molecular weight is 486 g/mol. The number of benzene rings is 2. The van der Waals surface area contributed by atoms with E-state index < -0.39 is 6.04 Å². The number of rotatable bonds is 8. The lowest BCUT2D eigenvalue weighted by Crippen LogP contribution is -2.54. The number of nitrogens with two attached hydrogens (primary N) is 1. The first-order valence-corrected chi connectivity index (χ1v) is 13.0. The maximum Gasteiger partial charge on any atom is 0.318 e. The molecule has 5 rings (SSSR count). The summed E-state index contributed by atoms with van der Waals surface area (Å²) in [7, 11) is 0. The molecule has 1 spiro atoms. The molecule has 1 fully saturated rings. The molecular weight excluding hydrogens is 450 g/mol. The normalized spacial score (nSPS) is 16.8. The lowest BCUT2D eigenvalue weighted by atomic mass is 9.74. The fourth-order valence-electron chi connectivity index (χ4n) is 5.55. The van der Waals surface area contributed by atoms with Gasteiger partial charge in [-0.2, -0.15) is 0 Å². The van der Waals surface area contributed by atoms with Gasteiger partial charge in [-0.1, -0.05) is 54.6 Å². The third kappa shape index (κ3) is 4.88. The number of unbranched alkanes of at least 4 members (excludes halogenated alkanes) is 1. The number of para-hydroxylation sites is 1. The minimum atomic E-state index is -0.655. The van der Waals surface area contributed by atoms with E-state index in [-0.39, 0.29) is 17.4 Å². The first kappa shape index (κ1) is 24.1. The molecule has 1 aliphatic heterocycles. The van der Waals surface area contributed by atoms with E-state index in [9.17, 15) is 9.59 Å². The number of aromatic amines is 1. The van der Waals surface area contributed by atoms with Gasteiger partial charge < -0.3 is 26.3 Å². The van der Waals surface area contributed by atoms with Crippen molar-refractivity contribution in [1.29, 1.82) is 0 Å². The number of allylic oxidation sites excluding steroid dienone is 1. The van der Waals surface area contributed by atoms with Crippen LogP contribution in [0.5, 0.6) is 0 Å². The summed E-state index contributed by atoms with van der Waals surface area (Å²) in [5.41, 5.74) is 10.3. The molecule has 0 bridgehead atoms. The predicted octanol–water partition coefficient (Wildman–Crippen LogP) is 3.70. The molecule has 5 N–H and O–H groups in total. The van der Waals surface area contributed by atoms with Crippen molar-refractivity contribution in [3.05, 3.63) is 77.5 Å². The molecule has 0 unspecified atom stereocenters. The van der Waals surface area contributed by atoms with Gasteiger partial charge in [-0.3, -0.25) is 4.79 Å². The lowest BCUT2D eigenvalue weighted by molar-refractivity contribution is -0.122. The van der Waals surface area contributed by atoms with Gasteiger partial charge in [0, 0.05) is 48.6 Å². The maximum atomic E-state index is 13.3. The molecule has 7 nitrogen and oxygen atoms in total. The molecule has 2 aliphatic rings. The Labute approximate surface area is 212 Å². The fourth-order valence-corrected chi connectivity index (χ4v) is 5.55. The Morgan fingerprint density at radius 2 is 1.83 bits per heavy atom. The van der Waals surface area contributed by atoms with Gasteiger partial charge in [0.2, 0.25) is 5.91 Å². The minimum absolute atomic E-state index is 0.0111. The number of carbonyl (C=O) groups excluding carboxylic acids is 2. The Balaban J connectivity index is 1.26. The number of H-pyrrole nitrogens is 1. The van der Waals surface area contributed by atoms with E-state index in [0.29, 0.717) is 32.6 Å². The van der Waals surface area contributed by atoms with E-state index in [0.717, 1.165) is 42.1 Å². The number of urea groups is 1. The van der Waals surface area contributed by atoms with Gasteiger partial charge in [-0.15, -0.1) is 0 Å². The first-order chi connectivity index (χ1) is 17.6. The molecule has 1 aromatic heterocycles. The van der Waals surface area contributed by atoms with E-state index in [1.54, 1.807) is 0 Å². The van der Waals surface area contributed by atoms with Crippen LogP contribution in [0.3, 0.4) is 0 Å². The molecule has 1 aliphatic carbocycles. The molecule has 0 saturated carbocycles. The van der Waals surface area contributed by atoms with Crippen molar-refractivity contribution >= 4 is 28.9 Å². The van der Waals surface area contributed by atoms with Gasteiger partial charge in [-0.25, -0.2) is 4.79 Å². The second kappa shape index (κ2) is 10.6. The first-order valence-electron chi connectivity index (χ1n) is 13.0. The summed E-state index contributed by atoms with van der Waals surface area (Å²) in [6.45, 7) is 2.46. The van der Waals surface area contributed by atoms with Crippen molar-refractivity contribution in [1.82, 2.24) is 20.5 Å². The van der Waals surface area contributed by atoms with E-state index in [1.165, 1.54) is 11.1 Å². The quantitative estimate of drug-likeness (QED) is 0.366. The van der Waals surface area contributed by atoms with Crippen LogP contribution in [-0.4, -0.2) is 54.0 Å². The summed E-state index contributed by atoms with van der Waals surface area (Å²) in [4.78, 5) is 31.6. The van der Waals surface area contributed by atoms with Crippen LogP contribution in [0.15, 0.2) is 60.8 Å². The molecule has 3 amide bonds. The van der Waals surface area contributed by atoms with Gasteiger partial charge in [-0.05, 0) is 55.0 Å². The Morgan fingerprint density at radius 3 is 2.67 bits per heavy atom. The van der Waals surface area contributed by atoms with Gasteiger partial charge in [0.1, 0.15) is 6.04 Å². The number of hydrogen-bond donors (Lipinski definition) is 4. The topological polar surface area (TPSA) is 103 Å². The van der Waals surface area contributed by atoms with Gasteiger partial charge in [0.25, 0.3) is 0 Å². The summed E-state index contributed by atoms with van der Waals surface area (Å²) >= 11 is 0. The average Bonchev–Trinajstić information content (AvgIpc) is 3.48. The fraction of sp³-hybridized carbons (Fsp3) is 0.379. The number of nitrogens with one attached hydrogen (secondary N) is 3. The molecule has 1 atom stereocenters. The van der Waals surface area contributed by atoms with Crippen molar-refractivity contribution in [2.45, 2.75) is 43.6 Å². The number of hydrogen-bond acceptors (Lipinski definition) is 3. The molecule has 36 heavy (non-hydrogen) atoms. The summed E-state index contributed by atoms with van der Waals surface area (Å²) in [5.74, 6) is -0.160. The van der Waals surface area contributed by atoms with Gasteiger partial charge in [0.05, 0.1) is 0 Å². The second-order valence-electron chi connectivity index (χ2n) is 9.92. The van der Waals surface area contributed by atoms with Gasteiger partial charge in [0.15, 0.2) is 0 Å². The van der Waals surface area contributed by atoms with E-state index in [4.69, 9.17) is 5.73 Å². The molecule has 188 valence electrons. The highest BCUT2D eigenvalue weighted by molar-refractivity contribution is 5.89. The number of nitrogens with zero attached hydrogens (tertiary/aromatic N) is 1. The zero-order valence-electron chi connectivity index (χ0n) is 20.6. The zero-order valence-corrected chi connectivity index (χ0v) is 20.6. The number of piperidine rings is 1. The van der Waals surface area contributed by atoms with Crippen LogP contribution in [0, 0.1) is 0 Å². The monoisotopic (exact) mass is 485 g/mol. The SMILES string of the molecule is NCCCCNC(=O)[C@@H](Cc1c[nH]c2ccccc12)NC(=O)N1CCC2(C=Cc3ccccc32)CC1. The third-order valence-corrected chi connectivity index (χ3v) is 7.67. The highest BCUT2D eigenvalue weighted by atomic mass is 16.2. The highest BCUT2D eigenvalue weighted by Crippen LogP contribution is 2.43. The largest absolute Gasteiger partial charge is 0.361 e. The Hall–Kier alpha value is -3.58. The van der Waals surface area contributed by atoms with Crippen molar-refractivity contribution in [2.24, 2.45) is 5.73 Å². The Bertz CT molecular complexity index is 1260. The Morgan fingerprint density at radius 1 is 1.06 bits per heavy atom. The molecule has 2 heterocycles. The van der Waals surface area contributed by atoms with Crippen molar-refractivity contribution in [3.63, 3.8) is 0 Å². The zero-order chi connectivity index (χ0) is 25.0. The Kier molecular flexibility index (Phi) is 7.09. The minimum Gasteiger partial charge on any atom is -0.361 e. The number of carbonyl (C=O) groups is 2. The van der Waals surface area contributed by atoms with Crippen molar-refractivity contribution in [3.8, 4) is 0 Å². The van der Waals surface area contributed by atoms with Gasteiger partial charge >= 0.3 is 6.03 Å². The summed E-state index contributed by atoms with van der Waals surface area (Å²) in [6, 6.07) is 15.7. The summed E-state index contributed by atoms with van der Waals surface area (Å²) < 4.78 is 0. The number of likely N-dealkylation sites (tertiary alicyclic amines) is 1. The molecule has 0 radical (unpaired) electrons. The second-order valence-corrected chi connectivity index (χ2v) is 9.92. The maximum absolute atomic E-state index is 13.3. The van der Waals surface area contributed by atoms with Crippen LogP contribution in [-0.2, 0) is 16.6 Å². The third-order valence-electron chi connectivity index (χ3n) is 7.67. The van der Waals surface area contributed by atoms with Crippen LogP contribution >= 0.6 is 0 Å². The number of fused-ring (bicyclic) bond motifs is 3. The number of aromatic nitrogens is 1. The molecule has 7 heteroatoms. The van der Waals surface area contributed by atoms with E-state index in [2.05, 4.69) is 52.0 Å². The number of amides is 3. The molecule has 3 aromatic rings.